The summed E-state index contributed by atoms with van der Waals surface area (Å²) < 4.78 is 38.5. The number of carbonyl (C=O) groups is 1. The molecule has 0 aliphatic carbocycles. The van der Waals surface area contributed by atoms with Gasteiger partial charge >= 0.3 is 12.2 Å². The molecule has 21 heavy (non-hydrogen) atoms. The number of nitrogens with zero attached hydrogens (tertiary/aromatic N) is 4. The Labute approximate surface area is 120 Å². The Balaban J connectivity index is 1.83. The largest absolute Gasteiger partial charge is 0.401 e. The van der Waals surface area contributed by atoms with E-state index in [0.29, 0.717) is 5.82 Å². The van der Waals surface area contributed by atoms with E-state index in [1.165, 1.54) is 9.80 Å². The van der Waals surface area contributed by atoms with Crippen molar-refractivity contribution in [3.63, 3.8) is 0 Å². The minimum absolute atomic E-state index is 0.216. The molecular formula is C12H18F3N5O. The number of aryl methyl sites for hydroxylation is 2. The Hall–Kier alpha value is -1.77. The minimum atomic E-state index is -4.20. The zero-order valence-corrected chi connectivity index (χ0v) is 11.9. The van der Waals surface area contributed by atoms with Crippen LogP contribution in [0.25, 0.3) is 0 Å². The number of amides is 2. The standard InChI is InChI=1S/C12H18F3N5O/c1-9-7-10(17-18(9)2)16-11(21)20-5-3-19(4-6-20)8-12(13,14)15/h7H,3-6,8H2,1-2H3,(H,16,17,21). The second-order valence-electron chi connectivity index (χ2n) is 5.10. The molecule has 2 rings (SSSR count). The number of hydrogen-bond donors (Lipinski definition) is 1. The highest BCUT2D eigenvalue weighted by Gasteiger charge is 2.32. The lowest BCUT2D eigenvalue weighted by atomic mass is 10.3. The molecule has 1 aliphatic heterocycles. The fraction of sp³-hybridized carbons (Fsp3) is 0.667. The van der Waals surface area contributed by atoms with E-state index in [4.69, 9.17) is 0 Å². The second-order valence-corrected chi connectivity index (χ2v) is 5.10. The highest BCUT2D eigenvalue weighted by Crippen LogP contribution is 2.17. The number of piperazine rings is 1. The number of halogens is 3. The number of aromatic nitrogens is 2. The Bertz CT molecular complexity index is 486. The summed E-state index contributed by atoms with van der Waals surface area (Å²) in [6, 6.07) is 1.40. The molecular weight excluding hydrogens is 287 g/mol. The molecule has 0 atom stereocenters. The lowest BCUT2D eigenvalue weighted by Gasteiger charge is -2.34. The summed E-state index contributed by atoms with van der Waals surface area (Å²) in [5.74, 6) is 0.442. The van der Waals surface area contributed by atoms with Gasteiger partial charge in [0.05, 0.1) is 6.54 Å². The van der Waals surface area contributed by atoms with Crippen molar-refractivity contribution in [2.24, 2.45) is 7.05 Å². The van der Waals surface area contributed by atoms with Crippen LogP contribution in [0.4, 0.5) is 23.8 Å². The maximum absolute atomic E-state index is 12.3. The van der Waals surface area contributed by atoms with Crippen molar-refractivity contribution in [1.82, 2.24) is 19.6 Å². The van der Waals surface area contributed by atoms with Crippen LogP contribution in [-0.4, -0.2) is 64.5 Å². The van der Waals surface area contributed by atoms with Gasteiger partial charge in [-0.05, 0) is 6.92 Å². The van der Waals surface area contributed by atoms with E-state index < -0.39 is 12.7 Å². The number of anilines is 1. The third-order valence-electron chi connectivity index (χ3n) is 3.41. The van der Waals surface area contributed by atoms with Crippen LogP contribution in [0.5, 0.6) is 0 Å². The van der Waals surface area contributed by atoms with Gasteiger partial charge in [0.2, 0.25) is 0 Å². The van der Waals surface area contributed by atoms with E-state index in [2.05, 4.69) is 10.4 Å². The Morgan fingerprint density at radius 3 is 2.43 bits per heavy atom. The molecule has 0 radical (unpaired) electrons. The van der Waals surface area contributed by atoms with Gasteiger partial charge in [-0.2, -0.15) is 18.3 Å². The summed E-state index contributed by atoms with van der Waals surface area (Å²) in [4.78, 5) is 14.8. The molecule has 0 spiro atoms. The Morgan fingerprint density at radius 1 is 1.33 bits per heavy atom. The van der Waals surface area contributed by atoms with Crippen LogP contribution >= 0.6 is 0 Å². The number of carbonyl (C=O) groups excluding carboxylic acids is 1. The van der Waals surface area contributed by atoms with Crippen LogP contribution in [0.15, 0.2) is 6.07 Å². The molecule has 1 saturated heterocycles. The number of nitrogens with one attached hydrogen (secondary N) is 1. The van der Waals surface area contributed by atoms with Crippen LogP contribution in [0.2, 0.25) is 0 Å². The van der Waals surface area contributed by atoms with Crippen LogP contribution in [0, 0.1) is 6.92 Å². The van der Waals surface area contributed by atoms with E-state index in [-0.39, 0.29) is 32.2 Å². The molecule has 1 aliphatic rings. The van der Waals surface area contributed by atoms with E-state index in [0.717, 1.165) is 5.69 Å². The second kappa shape index (κ2) is 5.92. The van der Waals surface area contributed by atoms with Gasteiger partial charge in [-0.25, -0.2) is 4.79 Å². The Kier molecular flexibility index (Phi) is 4.40. The first-order valence-electron chi connectivity index (χ1n) is 6.60. The smallest absolute Gasteiger partial charge is 0.322 e. The van der Waals surface area contributed by atoms with Gasteiger partial charge in [0, 0.05) is 45.0 Å². The number of alkyl halides is 3. The predicted molar refractivity (Wildman–Crippen MR) is 71.0 cm³/mol. The molecule has 0 bridgehead atoms. The van der Waals surface area contributed by atoms with E-state index in [1.54, 1.807) is 17.8 Å². The van der Waals surface area contributed by atoms with Crippen molar-refractivity contribution in [3.05, 3.63) is 11.8 Å². The van der Waals surface area contributed by atoms with Crippen LogP contribution in [0.3, 0.4) is 0 Å². The third kappa shape index (κ3) is 4.35. The topological polar surface area (TPSA) is 53.4 Å². The summed E-state index contributed by atoms with van der Waals surface area (Å²) in [5.41, 5.74) is 0.903. The van der Waals surface area contributed by atoms with Crippen molar-refractivity contribution in [3.8, 4) is 0 Å². The van der Waals surface area contributed by atoms with Crippen LogP contribution in [0.1, 0.15) is 5.69 Å². The summed E-state index contributed by atoms with van der Waals surface area (Å²) in [6.07, 6.45) is -4.20. The molecule has 118 valence electrons. The average Bonchev–Trinajstić information content (AvgIpc) is 2.67. The fourth-order valence-electron chi connectivity index (χ4n) is 2.17. The lowest BCUT2D eigenvalue weighted by molar-refractivity contribution is -0.148. The maximum atomic E-state index is 12.3. The molecule has 1 aromatic rings. The quantitative estimate of drug-likeness (QED) is 0.899. The van der Waals surface area contributed by atoms with Gasteiger partial charge in [0.1, 0.15) is 0 Å². The Morgan fingerprint density at radius 2 is 1.95 bits per heavy atom. The molecule has 6 nitrogen and oxygen atoms in total. The molecule has 1 N–H and O–H groups in total. The number of hydrogen-bond acceptors (Lipinski definition) is 3. The van der Waals surface area contributed by atoms with Gasteiger partial charge in [-0.1, -0.05) is 0 Å². The van der Waals surface area contributed by atoms with Crippen LogP contribution < -0.4 is 5.32 Å². The van der Waals surface area contributed by atoms with Gasteiger partial charge < -0.3 is 4.90 Å². The number of rotatable bonds is 2. The average molecular weight is 305 g/mol. The molecule has 1 aromatic heterocycles. The molecule has 1 fully saturated rings. The van der Waals surface area contributed by atoms with E-state index >= 15 is 0 Å². The zero-order chi connectivity index (χ0) is 15.6. The normalized spacial score (nSPS) is 17.1. The van der Waals surface area contributed by atoms with Gasteiger partial charge in [0.25, 0.3) is 0 Å². The minimum Gasteiger partial charge on any atom is -0.322 e. The molecule has 0 unspecified atom stereocenters. The fourth-order valence-corrected chi connectivity index (χ4v) is 2.17. The van der Waals surface area contributed by atoms with Gasteiger partial charge in [-0.15, -0.1) is 0 Å². The maximum Gasteiger partial charge on any atom is 0.401 e. The molecule has 9 heteroatoms. The first-order chi connectivity index (χ1) is 9.74. The number of urea groups is 1. The molecule has 2 heterocycles. The van der Waals surface area contributed by atoms with Gasteiger partial charge in [-0.3, -0.25) is 14.9 Å². The summed E-state index contributed by atoms with van der Waals surface area (Å²) >= 11 is 0. The highest BCUT2D eigenvalue weighted by atomic mass is 19.4. The molecule has 0 saturated carbocycles. The van der Waals surface area contributed by atoms with Crippen molar-refractivity contribution < 1.29 is 18.0 Å². The monoisotopic (exact) mass is 305 g/mol. The molecule has 2 amide bonds. The van der Waals surface area contributed by atoms with Crippen molar-refractivity contribution in [2.75, 3.05) is 38.0 Å². The van der Waals surface area contributed by atoms with Crippen molar-refractivity contribution >= 4 is 11.8 Å². The first-order valence-corrected chi connectivity index (χ1v) is 6.60. The summed E-state index contributed by atoms with van der Waals surface area (Å²) in [6.45, 7) is 1.91. The molecule has 0 aromatic carbocycles. The van der Waals surface area contributed by atoms with Crippen LogP contribution in [-0.2, 0) is 7.05 Å². The van der Waals surface area contributed by atoms with E-state index in [1.807, 2.05) is 6.92 Å². The summed E-state index contributed by atoms with van der Waals surface area (Å²) in [5, 5.41) is 6.76. The predicted octanol–water partition coefficient (Wildman–Crippen LogP) is 1.44. The van der Waals surface area contributed by atoms with E-state index in [9.17, 15) is 18.0 Å². The summed E-state index contributed by atoms with van der Waals surface area (Å²) in [7, 11) is 1.76. The highest BCUT2D eigenvalue weighted by molar-refractivity contribution is 5.88. The SMILES string of the molecule is Cc1cc(NC(=O)N2CCN(CC(F)(F)F)CC2)nn1C. The van der Waals surface area contributed by atoms with Crippen molar-refractivity contribution in [1.29, 1.82) is 0 Å². The zero-order valence-electron chi connectivity index (χ0n) is 11.9. The van der Waals surface area contributed by atoms with Gasteiger partial charge in [0.15, 0.2) is 5.82 Å². The lowest BCUT2D eigenvalue weighted by Crippen LogP contribution is -2.51. The van der Waals surface area contributed by atoms with Crippen molar-refractivity contribution in [2.45, 2.75) is 13.1 Å². The first kappa shape index (κ1) is 15.6. The third-order valence-corrected chi connectivity index (χ3v) is 3.41.